The summed E-state index contributed by atoms with van der Waals surface area (Å²) < 4.78 is 2.15. The van der Waals surface area contributed by atoms with E-state index in [0.717, 1.165) is 34.1 Å². The molecule has 1 aliphatic rings. The molecular formula is C24H27N3O2. The van der Waals surface area contributed by atoms with Crippen molar-refractivity contribution in [2.75, 3.05) is 0 Å². The summed E-state index contributed by atoms with van der Waals surface area (Å²) in [6, 6.07) is 14.9. The van der Waals surface area contributed by atoms with Crippen molar-refractivity contribution >= 4 is 22.7 Å². The number of hydrogen-bond acceptors (Lipinski definition) is 2. The molecule has 0 aliphatic carbocycles. The van der Waals surface area contributed by atoms with E-state index in [4.69, 9.17) is 5.73 Å². The van der Waals surface area contributed by atoms with Gasteiger partial charge < -0.3 is 15.2 Å². The van der Waals surface area contributed by atoms with Crippen molar-refractivity contribution in [2.45, 2.75) is 39.3 Å². The van der Waals surface area contributed by atoms with Gasteiger partial charge in [-0.25, -0.2) is 0 Å². The van der Waals surface area contributed by atoms with Crippen LogP contribution in [0.1, 0.15) is 53.5 Å². The van der Waals surface area contributed by atoms with Gasteiger partial charge in [0, 0.05) is 34.8 Å². The third-order valence-electron chi connectivity index (χ3n) is 6.49. The Kier molecular flexibility index (Phi) is 4.69. The van der Waals surface area contributed by atoms with Gasteiger partial charge in [-0.1, -0.05) is 56.7 Å². The molecule has 29 heavy (non-hydrogen) atoms. The number of hydrogen-bond donors (Lipinski definition) is 1. The zero-order chi connectivity index (χ0) is 20.9. The third-order valence-corrected chi connectivity index (χ3v) is 6.49. The SMILES string of the molecule is CCC(C)C(C(N)=O)N1C(=O)c2ccccc2C1c1c(C)n(C)c2ccccc12. The smallest absolute Gasteiger partial charge is 0.255 e. The second-order valence-electron chi connectivity index (χ2n) is 8.01. The average molecular weight is 389 g/mol. The van der Waals surface area contributed by atoms with Gasteiger partial charge in [-0.2, -0.15) is 0 Å². The summed E-state index contributed by atoms with van der Waals surface area (Å²) in [4.78, 5) is 27.8. The van der Waals surface area contributed by atoms with Gasteiger partial charge in [0.05, 0.1) is 6.04 Å². The van der Waals surface area contributed by atoms with E-state index in [1.165, 1.54) is 0 Å². The molecule has 0 saturated heterocycles. The number of amides is 2. The quantitative estimate of drug-likeness (QED) is 0.718. The van der Waals surface area contributed by atoms with Crippen LogP contribution in [0, 0.1) is 12.8 Å². The molecule has 0 spiro atoms. The molecular weight excluding hydrogens is 362 g/mol. The number of fused-ring (bicyclic) bond motifs is 2. The van der Waals surface area contributed by atoms with Crippen LogP contribution in [0.4, 0.5) is 0 Å². The maximum absolute atomic E-state index is 13.5. The Balaban J connectivity index is 2.02. The Hall–Kier alpha value is -3.08. The molecule has 2 aromatic carbocycles. The zero-order valence-corrected chi connectivity index (χ0v) is 17.3. The molecule has 5 nitrogen and oxygen atoms in total. The summed E-state index contributed by atoms with van der Waals surface area (Å²) in [5.74, 6) is -0.617. The second-order valence-corrected chi connectivity index (χ2v) is 8.01. The summed E-state index contributed by atoms with van der Waals surface area (Å²) in [5, 5.41) is 1.10. The largest absolute Gasteiger partial charge is 0.368 e. The minimum atomic E-state index is -0.664. The Bertz CT molecular complexity index is 1110. The van der Waals surface area contributed by atoms with E-state index < -0.39 is 11.9 Å². The molecule has 5 heteroatoms. The van der Waals surface area contributed by atoms with Crippen LogP contribution in [0.3, 0.4) is 0 Å². The van der Waals surface area contributed by atoms with Gasteiger partial charge in [-0.15, -0.1) is 0 Å². The van der Waals surface area contributed by atoms with E-state index in [1.54, 1.807) is 4.90 Å². The standard InChI is InChI=1S/C24H27N3O2/c1-5-14(2)21(23(25)28)27-22(16-10-6-7-11-17(16)24(27)29)20-15(3)26(4)19-13-9-8-12-18(19)20/h6-14,21-22H,5H2,1-4H3,(H2,25,28). The average Bonchev–Trinajstić information content (AvgIpc) is 3.14. The highest BCUT2D eigenvalue weighted by atomic mass is 16.2. The van der Waals surface area contributed by atoms with Crippen LogP contribution >= 0.6 is 0 Å². The van der Waals surface area contributed by atoms with Crippen LogP contribution < -0.4 is 5.73 Å². The normalized spacial score (nSPS) is 18.1. The molecule has 2 N–H and O–H groups in total. The van der Waals surface area contributed by atoms with Gasteiger partial charge in [-0.05, 0) is 30.5 Å². The Morgan fingerprint density at radius 1 is 1.14 bits per heavy atom. The number of para-hydroxylation sites is 1. The number of benzene rings is 2. The van der Waals surface area contributed by atoms with Gasteiger partial charge in [0.1, 0.15) is 6.04 Å². The fourth-order valence-electron chi connectivity index (χ4n) is 4.73. The third kappa shape index (κ3) is 2.76. The molecule has 0 fully saturated rings. The summed E-state index contributed by atoms with van der Waals surface area (Å²) in [7, 11) is 2.04. The molecule has 1 aliphatic heterocycles. The van der Waals surface area contributed by atoms with Gasteiger partial charge in [0.25, 0.3) is 5.91 Å². The molecule has 0 radical (unpaired) electrons. The zero-order valence-electron chi connectivity index (χ0n) is 17.3. The Labute approximate surface area is 171 Å². The lowest BCUT2D eigenvalue weighted by Crippen LogP contribution is -2.50. The summed E-state index contributed by atoms with van der Waals surface area (Å²) in [6.45, 7) is 6.08. The first-order valence-electron chi connectivity index (χ1n) is 10.1. The number of nitrogens with zero attached hydrogens (tertiary/aromatic N) is 2. The first kappa shape index (κ1) is 19.2. The fraction of sp³-hybridized carbons (Fsp3) is 0.333. The van der Waals surface area contributed by atoms with Crippen LogP contribution in [0.15, 0.2) is 48.5 Å². The van der Waals surface area contributed by atoms with Crippen molar-refractivity contribution in [1.82, 2.24) is 9.47 Å². The van der Waals surface area contributed by atoms with Crippen molar-refractivity contribution < 1.29 is 9.59 Å². The van der Waals surface area contributed by atoms with E-state index >= 15 is 0 Å². The van der Waals surface area contributed by atoms with Gasteiger partial charge in [0.15, 0.2) is 0 Å². The number of aromatic nitrogens is 1. The van der Waals surface area contributed by atoms with Crippen LogP contribution in [-0.4, -0.2) is 27.3 Å². The van der Waals surface area contributed by atoms with E-state index in [9.17, 15) is 9.59 Å². The Morgan fingerprint density at radius 2 is 1.79 bits per heavy atom. The molecule has 3 unspecified atom stereocenters. The number of nitrogens with two attached hydrogens (primary N) is 1. The molecule has 3 aromatic rings. The van der Waals surface area contributed by atoms with Crippen molar-refractivity contribution in [1.29, 1.82) is 0 Å². The van der Waals surface area contributed by atoms with Crippen molar-refractivity contribution in [3.8, 4) is 0 Å². The minimum Gasteiger partial charge on any atom is -0.368 e. The van der Waals surface area contributed by atoms with E-state index in [0.29, 0.717) is 5.56 Å². The van der Waals surface area contributed by atoms with Crippen LogP contribution in [0.2, 0.25) is 0 Å². The molecule has 1 aromatic heterocycles. The number of primary amides is 1. The first-order valence-corrected chi connectivity index (χ1v) is 10.1. The highest BCUT2D eigenvalue weighted by Gasteiger charge is 2.46. The number of carbonyl (C=O) groups excluding carboxylic acids is 2. The summed E-state index contributed by atoms with van der Waals surface area (Å²) in [6.07, 6.45) is 0.759. The minimum absolute atomic E-state index is 0.0384. The van der Waals surface area contributed by atoms with Gasteiger partial charge in [0.2, 0.25) is 5.91 Å². The lowest BCUT2D eigenvalue weighted by Gasteiger charge is -2.35. The second kappa shape index (κ2) is 7.07. The molecule has 150 valence electrons. The summed E-state index contributed by atoms with van der Waals surface area (Å²) >= 11 is 0. The van der Waals surface area contributed by atoms with Crippen molar-refractivity contribution in [2.24, 2.45) is 18.7 Å². The monoisotopic (exact) mass is 389 g/mol. The number of rotatable bonds is 5. The van der Waals surface area contributed by atoms with Crippen LogP contribution in [0.5, 0.6) is 0 Å². The van der Waals surface area contributed by atoms with Crippen LogP contribution in [-0.2, 0) is 11.8 Å². The van der Waals surface area contributed by atoms with Gasteiger partial charge in [-0.3, -0.25) is 9.59 Å². The fourth-order valence-corrected chi connectivity index (χ4v) is 4.73. The van der Waals surface area contributed by atoms with Crippen molar-refractivity contribution in [3.05, 3.63) is 70.9 Å². The Morgan fingerprint density at radius 3 is 2.48 bits per heavy atom. The first-order chi connectivity index (χ1) is 13.9. The number of carbonyl (C=O) groups is 2. The van der Waals surface area contributed by atoms with Gasteiger partial charge >= 0.3 is 0 Å². The van der Waals surface area contributed by atoms with E-state index in [1.807, 2.05) is 57.3 Å². The lowest BCUT2D eigenvalue weighted by atomic mass is 9.92. The highest BCUT2D eigenvalue weighted by Crippen LogP contribution is 2.45. The molecule has 2 amide bonds. The predicted molar refractivity (Wildman–Crippen MR) is 115 cm³/mol. The molecule has 3 atom stereocenters. The van der Waals surface area contributed by atoms with E-state index in [-0.39, 0.29) is 17.9 Å². The molecule has 0 bridgehead atoms. The summed E-state index contributed by atoms with van der Waals surface area (Å²) in [5.41, 5.74) is 10.7. The van der Waals surface area contributed by atoms with Crippen LogP contribution in [0.25, 0.3) is 10.9 Å². The van der Waals surface area contributed by atoms with E-state index in [2.05, 4.69) is 23.6 Å². The highest BCUT2D eigenvalue weighted by molar-refractivity contribution is 6.03. The molecule has 0 saturated carbocycles. The molecule has 4 rings (SSSR count). The maximum atomic E-state index is 13.5. The molecule has 2 heterocycles. The topological polar surface area (TPSA) is 68.3 Å². The predicted octanol–water partition coefficient (Wildman–Crippen LogP) is 3.93. The lowest BCUT2D eigenvalue weighted by molar-refractivity contribution is -0.124. The van der Waals surface area contributed by atoms with Crippen molar-refractivity contribution in [3.63, 3.8) is 0 Å². The number of aryl methyl sites for hydroxylation is 1. The maximum Gasteiger partial charge on any atom is 0.255 e.